The molecule has 0 aromatic heterocycles. The summed E-state index contributed by atoms with van der Waals surface area (Å²) in [5.74, 6) is -0.508. The molecule has 0 spiro atoms. The summed E-state index contributed by atoms with van der Waals surface area (Å²) in [6.45, 7) is 1.92. The van der Waals surface area contributed by atoms with Crippen LogP contribution in [0.2, 0.25) is 0 Å². The number of esters is 1. The van der Waals surface area contributed by atoms with Crippen LogP contribution in [0, 0.1) is 17.0 Å². The molecular weight excluding hydrogens is 484 g/mol. The molecule has 0 saturated carbocycles. The van der Waals surface area contributed by atoms with Crippen molar-refractivity contribution in [2.75, 3.05) is 7.11 Å². The lowest BCUT2D eigenvalue weighted by Gasteiger charge is -2.12. The maximum absolute atomic E-state index is 12.9. The molecule has 1 fully saturated rings. The van der Waals surface area contributed by atoms with Crippen LogP contribution in [0.25, 0.3) is 6.08 Å². The molecule has 0 aliphatic carbocycles. The monoisotopic (exact) mass is 504 g/mol. The molecule has 1 saturated heterocycles. The number of hydrogen-bond donors (Lipinski definition) is 0. The average Bonchev–Trinajstić information content (AvgIpc) is 3.12. The fourth-order valence-electron chi connectivity index (χ4n) is 3.40. The van der Waals surface area contributed by atoms with E-state index in [1.165, 1.54) is 31.4 Å². The number of benzene rings is 3. The van der Waals surface area contributed by atoms with Crippen LogP contribution in [0.5, 0.6) is 11.5 Å². The molecule has 4 rings (SSSR count). The van der Waals surface area contributed by atoms with Crippen molar-refractivity contribution >= 4 is 40.6 Å². The summed E-state index contributed by atoms with van der Waals surface area (Å²) in [6, 6.07) is 17.4. The largest absolute Gasteiger partial charge is 0.493 e. The van der Waals surface area contributed by atoms with Crippen LogP contribution in [-0.2, 0) is 11.3 Å². The lowest BCUT2D eigenvalue weighted by Crippen LogP contribution is -2.27. The second-order valence-electron chi connectivity index (χ2n) is 7.86. The van der Waals surface area contributed by atoms with Crippen LogP contribution in [0.4, 0.5) is 10.5 Å². The summed E-state index contributed by atoms with van der Waals surface area (Å²) < 4.78 is 10.8. The van der Waals surface area contributed by atoms with Gasteiger partial charge in [-0.3, -0.25) is 24.6 Å². The number of nitrogens with zero attached hydrogens (tertiary/aromatic N) is 2. The highest BCUT2D eigenvalue weighted by Gasteiger charge is 2.35. The Bertz CT molecular complexity index is 1380. The summed E-state index contributed by atoms with van der Waals surface area (Å²) in [5, 5.41) is 10.4. The third-order valence-electron chi connectivity index (χ3n) is 5.34. The van der Waals surface area contributed by atoms with Crippen molar-refractivity contribution in [1.82, 2.24) is 4.90 Å². The Balaban J connectivity index is 1.49. The van der Waals surface area contributed by atoms with Crippen molar-refractivity contribution < 1.29 is 28.8 Å². The third kappa shape index (κ3) is 5.44. The molecule has 0 unspecified atom stereocenters. The van der Waals surface area contributed by atoms with E-state index < -0.39 is 22.0 Å². The molecule has 36 heavy (non-hydrogen) atoms. The topological polar surface area (TPSA) is 116 Å². The Morgan fingerprint density at radius 3 is 2.36 bits per heavy atom. The zero-order valence-corrected chi connectivity index (χ0v) is 20.1. The van der Waals surface area contributed by atoms with Gasteiger partial charge in [0.15, 0.2) is 11.5 Å². The number of aryl methyl sites for hydroxylation is 1. The molecule has 1 aliphatic heterocycles. The SMILES string of the molecule is COc1cc(/C=C2\SC(=O)N(Cc3ccc([N+](=O)[O-])cc3)C2=O)ccc1OC(=O)c1ccc(C)cc1. The van der Waals surface area contributed by atoms with Crippen molar-refractivity contribution in [1.29, 1.82) is 0 Å². The number of ether oxygens (including phenoxy) is 2. The zero-order chi connectivity index (χ0) is 25.8. The smallest absolute Gasteiger partial charge is 0.343 e. The van der Waals surface area contributed by atoms with Crippen molar-refractivity contribution in [2.45, 2.75) is 13.5 Å². The molecule has 9 nitrogen and oxygen atoms in total. The first-order valence-electron chi connectivity index (χ1n) is 10.7. The number of carbonyl (C=O) groups is 3. The van der Waals surface area contributed by atoms with Crippen LogP contribution < -0.4 is 9.47 Å². The molecular formula is C26H20N2O7S. The zero-order valence-electron chi connectivity index (χ0n) is 19.3. The van der Waals surface area contributed by atoms with Crippen LogP contribution >= 0.6 is 11.8 Å². The second-order valence-corrected chi connectivity index (χ2v) is 8.85. The Kier molecular flexibility index (Phi) is 7.16. The predicted molar refractivity (Wildman–Crippen MR) is 134 cm³/mol. The van der Waals surface area contributed by atoms with Crippen molar-refractivity contribution in [2.24, 2.45) is 0 Å². The van der Waals surface area contributed by atoms with Gasteiger partial charge in [0.1, 0.15) is 0 Å². The van der Waals surface area contributed by atoms with Gasteiger partial charge in [0.2, 0.25) is 0 Å². The van der Waals surface area contributed by atoms with Gasteiger partial charge in [-0.2, -0.15) is 0 Å². The molecule has 0 N–H and O–H groups in total. The van der Waals surface area contributed by atoms with Crippen LogP contribution in [0.3, 0.4) is 0 Å². The fraction of sp³-hybridized carbons (Fsp3) is 0.115. The van der Waals surface area contributed by atoms with Gasteiger partial charge in [0.25, 0.3) is 16.8 Å². The minimum atomic E-state index is -0.534. The summed E-state index contributed by atoms with van der Waals surface area (Å²) in [7, 11) is 1.43. The van der Waals surface area contributed by atoms with E-state index in [-0.39, 0.29) is 28.6 Å². The molecule has 1 aliphatic rings. The van der Waals surface area contributed by atoms with Crippen molar-refractivity contribution in [3.8, 4) is 11.5 Å². The highest BCUT2D eigenvalue weighted by atomic mass is 32.2. The van der Waals surface area contributed by atoms with E-state index >= 15 is 0 Å². The van der Waals surface area contributed by atoms with E-state index in [0.717, 1.165) is 22.2 Å². The lowest BCUT2D eigenvalue weighted by atomic mass is 10.1. The third-order valence-corrected chi connectivity index (χ3v) is 6.24. The first-order chi connectivity index (χ1) is 17.2. The Morgan fingerprint density at radius 2 is 1.72 bits per heavy atom. The predicted octanol–water partition coefficient (Wildman–Crippen LogP) is 5.37. The molecule has 10 heteroatoms. The molecule has 0 radical (unpaired) electrons. The highest BCUT2D eigenvalue weighted by molar-refractivity contribution is 8.18. The first kappa shape index (κ1) is 24.7. The standard InChI is InChI=1S/C26H20N2O7S/c1-16-3-8-19(9-4-16)25(30)35-21-12-7-18(13-22(21)34-2)14-23-24(29)27(26(31)36-23)15-17-5-10-20(11-6-17)28(32)33/h3-14H,15H2,1-2H3/b23-14-. The number of non-ortho nitro benzene ring substituents is 1. The summed E-state index contributed by atoms with van der Waals surface area (Å²) >= 11 is 0.795. The van der Waals surface area contributed by atoms with E-state index in [2.05, 4.69) is 0 Å². The molecule has 182 valence electrons. The minimum Gasteiger partial charge on any atom is -0.493 e. The van der Waals surface area contributed by atoms with Crippen LogP contribution in [-0.4, -0.2) is 34.0 Å². The number of methoxy groups -OCH3 is 1. The molecule has 2 amide bonds. The summed E-state index contributed by atoms with van der Waals surface area (Å²) in [4.78, 5) is 49.4. The average molecular weight is 505 g/mol. The van der Waals surface area contributed by atoms with Gasteiger partial charge in [-0.1, -0.05) is 35.9 Å². The van der Waals surface area contributed by atoms with Gasteiger partial charge in [-0.25, -0.2) is 4.79 Å². The number of rotatable bonds is 7. The number of amides is 2. The van der Waals surface area contributed by atoms with Crippen molar-refractivity contribution in [3.05, 3.63) is 104 Å². The van der Waals surface area contributed by atoms with E-state index in [4.69, 9.17) is 9.47 Å². The van der Waals surface area contributed by atoms with Crippen molar-refractivity contribution in [3.63, 3.8) is 0 Å². The quantitative estimate of drug-likeness (QED) is 0.139. The van der Waals surface area contributed by atoms with E-state index in [0.29, 0.717) is 16.7 Å². The van der Waals surface area contributed by atoms with Gasteiger partial charge < -0.3 is 9.47 Å². The first-order valence-corrected chi connectivity index (χ1v) is 11.5. The number of nitro benzene ring substituents is 1. The second kappa shape index (κ2) is 10.4. The summed E-state index contributed by atoms with van der Waals surface area (Å²) in [5.41, 5.74) is 2.50. The molecule has 3 aromatic carbocycles. The Labute approximate surface area is 210 Å². The van der Waals surface area contributed by atoms with Crippen LogP contribution in [0.15, 0.2) is 71.6 Å². The maximum atomic E-state index is 12.9. The molecule has 1 heterocycles. The number of thioether (sulfide) groups is 1. The van der Waals surface area contributed by atoms with Gasteiger partial charge >= 0.3 is 5.97 Å². The van der Waals surface area contributed by atoms with Gasteiger partial charge in [0.05, 0.1) is 29.0 Å². The normalized spacial score (nSPS) is 14.3. The van der Waals surface area contributed by atoms with Crippen LogP contribution in [0.1, 0.15) is 27.0 Å². The number of imide groups is 1. The molecule has 3 aromatic rings. The van der Waals surface area contributed by atoms with E-state index in [1.54, 1.807) is 36.4 Å². The maximum Gasteiger partial charge on any atom is 0.343 e. The van der Waals surface area contributed by atoms with Gasteiger partial charge in [-0.15, -0.1) is 0 Å². The highest BCUT2D eigenvalue weighted by Crippen LogP contribution is 2.35. The Morgan fingerprint density at radius 1 is 1.03 bits per heavy atom. The number of hydrogen-bond acceptors (Lipinski definition) is 8. The fourth-order valence-corrected chi connectivity index (χ4v) is 4.24. The summed E-state index contributed by atoms with van der Waals surface area (Å²) in [6.07, 6.45) is 1.55. The van der Waals surface area contributed by atoms with Gasteiger partial charge in [-0.05, 0) is 60.2 Å². The minimum absolute atomic E-state index is 0.00276. The molecule has 0 atom stereocenters. The number of carbonyl (C=O) groups excluding carboxylic acids is 3. The van der Waals surface area contributed by atoms with E-state index in [1.807, 2.05) is 19.1 Å². The molecule has 0 bridgehead atoms. The van der Waals surface area contributed by atoms with E-state index in [9.17, 15) is 24.5 Å². The lowest BCUT2D eigenvalue weighted by molar-refractivity contribution is -0.384. The van der Waals surface area contributed by atoms with Gasteiger partial charge in [0, 0.05) is 12.1 Å². The number of nitro groups is 1. The Hall–Kier alpha value is -4.44.